The van der Waals surface area contributed by atoms with Gasteiger partial charge in [-0.2, -0.15) is 0 Å². The normalized spacial score (nSPS) is 19.0. The maximum atomic E-state index is 11.8. The summed E-state index contributed by atoms with van der Waals surface area (Å²) in [5, 5.41) is 6.17. The average Bonchev–Trinajstić information content (AvgIpc) is 2.45. The van der Waals surface area contributed by atoms with Gasteiger partial charge in [0, 0.05) is 25.0 Å². The molecule has 6 heteroatoms. The molecule has 4 nitrogen and oxygen atoms in total. The molecule has 0 bridgehead atoms. The Kier molecular flexibility index (Phi) is 13.7. The predicted molar refractivity (Wildman–Crippen MR) is 99.3 cm³/mol. The van der Waals surface area contributed by atoms with E-state index in [0.717, 1.165) is 25.4 Å². The molecule has 1 fully saturated rings. The van der Waals surface area contributed by atoms with Crippen LogP contribution < -0.4 is 10.6 Å². The summed E-state index contributed by atoms with van der Waals surface area (Å²) in [6.45, 7) is 10.8. The van der Waals surface area contributed by atoms with Crippen molar-refractivity contribution in [1.82, 2.24) is 15.5 Å². The van der Waals surface area contributed by atoms with E-state index in [0.29, 0.717) is 6.42 Å². The Morgan fingerprint density at radius 1 is 1.32 bits per heavy atom. The molecule has 134 valence electrons. The van der Waals surface area contributed by atoms with Crippen molar-refractivity contribution in [2.75, 3.05) is 33.2 Å². The second-order valence-corrected chi connectivity index (χ2v) is 6.66. The van der Waals surface area contributed by atoms with Gasteiger partial charge in [-0.25, -0.2) is 0 Å². The van der Waals surface area contributed by atoms with Crippen molar-refractivity contribution in [2.45, 2.75) is 58.4 Å². The van der Waals surface area contributed by atoms with Gasteiger partial charge in [-0.05, 0) is 59.2 Å². The minimum atomic E-state index is 0. The molecule has 0 aromatic carbocycles. The van der Waals surface area contributed by atoms with Crippen molar-refractivity contribution in [3.63, 3.8) is 0 Å². The fourth-order valence-corrected chi connectivity index (χ4v) is 2.89. The molecule has 0 aliphatic carbocycles. The van der Waals surface area contributed by atoms with Crippen LogP contribution in [0.2, 0.25) is 0 Å². The highest BCUT2D eigenvalue weighted by molar-refractivity contribution is 5.85. The summed E-state index contributed by atoms with van der Waals surface area (Å²) in [6.07, 6.45) is 5.44. The van der Waals surface area contributed by atoms with E-state index in [9.17, 15) is 4.79 Å². The third-order valence-corrected chi connectivity index (χ3v) is 4.50. The summed E-state index contributed by atoms with van der Waals surface area (Å²) >= 11 is 0. The molecule has 1 atom stereocenters. The van der Waals surface area contributed by atoms with Crippen LogP contribution in [0, 0.1) is 5.92 Å². The monoisotopic (exact) mass is 355 g/mol. The first kappa shape index (κ1) is 24.2. The van der Waals surface area contributed by atoms with Crippen LogP contribution in [0.3, 0.4) is 0 Å². The van der Waals surface area contributed by atoms with Crippen LogP contribution in [0.4, 0.5) is 0 Å². The number of carbonyl (C=O) groups is 1. The summed E-state index contributed by atoms with van der Waals surface area (Å²) < 4.78 is 0. The summed E-state index contributed by atoms with van der Waals surface area (Å²) in [5.41, 5.74) is 0.0620. The van der Waals surface area contributed by atoms with Gasteiger partial charge in [0.15, 0.2) is 0 Å². The van der Waals surface area contributed by atoms with E-state index in [1.807, 2.05) is 7.05 Å². The Morgan fingerprint density at radius 2 is 2.00 bits per heavy atom. The number of nitrogens with one attached hydrogen (secondary N) is 2. The van der Waals surface area contributed by atoms with Crippen LogP contribution >= 0.6 is 24.8 Å². The van der Waals surface area contributed by atoms with Gasteiger partial charge in [-0.1, -0.05) is 13.3 Å². The highest BCUT2D eigenvalue weighted by Gasteiger charge is 2.30. The van der Waals surface area contributed by atoms with E-state index >= 15 is 0 Å². The van der Waals surface area contributed by atoms with Gasteiger partial charge in [0.1, 0.15) is 0 Å². The van der Waals surface area contributed by atoms with Crippen LogP contribution in [-0.2, 0) is 4.79 Å². The van der Waals surface area contributed by atoms with Crippen molar-refractivity contribution in [3.8, 4) is 0 Å². The zero-order chi connectivity index (χ0) is 15.0. The van der Waals surface area contributed by atoms with E-state index in [1.165, 1.54) is 32.4 Å². The maximum absolute atomic E-state index is 11.8. The molecule has 2 N–H and O–H groups in total. The fraction of sp³-hybridized carbons (Fsp3) is 0.938. The Morgan fingerprint density at radius 3 is 2.59 bits per heavy atom. The third kappa shape index (κ3) is 8.56. The zero-order valence-electron chi connectivity index (χ0n) is 14.6. The Hall–Kier alpha value is -0.0300. The largest absolute Gasteiger partial charge is 0.354 e. The minimum Gasteiger partial charge on any atom is -0.354 e. The van der Waals surface area contributed by atoms with E-state index in [-0.39, 0.29) is 36.3 Å². The van der Waals surface area contributed by atoms with Gasteiger partial charge >= 0.3 is 0 Å². The van der Waals surface area contributed by atoms with Gasteiger partial charge < -0.3 is 10.6 Å². The standard InChI is InChI=1S/C16H33N3O.2ClH/c1-5-14-8-7-11-19(12-14)16(2,3)13-18-15(20)9-6-10-17-4;;/h14,17H,5-13H2,1-4H3,(H,18,20);2*1H. The second kappa shape index (κ2) is 12.4. The molecule has 1 unspecified atom stereocenters. The molecule has 1 aliphatic heterocycles. The van der Waals surface area contributed by atoms with Crippen LogP contribution in [-0.4, -0.2) is 49.6 Å². The molecule has 0 saturated carbocycles. The predicted octanol–water partition coefficient (Wildman–Crippen LogP) is 2.85. The SMILES string of the molecule is CCC1CCCN(C(C)(C)CNC(=O)CCCNC)C1.Cl.Cl. The van der Waals surface area contributed by atoms with Crippen molar-refractivity contribution < 1.29 is 4.79 Å². The molecule has 1 heterocycles. The lowest BCUT2D eigenvalue weighted by Gasteiger charge is -2.43. The summed E-state index contributed by atoms with van der Waals surface area (Å²) in [6, 6.07) is 0. The van der Waals surface area contributed by atoms with Crippen LogP contribution in [0.1, 0.15) is 52.9 Å². The lowest BCUT2D eigenvalue weighted by atomic mass is 9.91. The molecule has 1 amide bonds. The van der Waals surface area contributed by atoms with Gasteiger partial charge in [0.05, 0.1) is 0 Å². The van der Waals surface area contributed by atoms with Crippen LogP contribution in [0.5, 0.6) is 0 Å². The Bertz CT molecular complexity index is 301. The number of carbonyl (C=O) groups excluding carboxylic acids is 1. The number of hydrogen-bond acceptors (Lipinski definition) is 3. The molecule has 22 heavy (non-hydrogen) atoms. The van der Waals surface area contributed by atoms with Crippen LogP contribution in [0.25, 0.3) is 0 Å². The van der Waals surface area contributed by atoms with E-state index in [4.69, 9.17) is 0 Å². The first-order valence-corrected chi connectivity index (χ1v) is 8.16. The van der Waals surface area contributed by atoms with Crippen molar-refractivity contribution in [3.05, 3.63) is 0 Å². The molecule has 0 spiro atoms. The number of nitrogens with zero attached hydrogens (tertiary/aromatic N) is 1. The topological polar surface area (TPSA) is 44.4 Å². The molecule has 0 aromatic rings. The summed E-state index contributed by atoms with van der Waals surface area (Å²) in [5.74, 6) is 1.01. The number of halogens is 2. The number of likely N-dealkylation sites (tertiary alicyclic amines) is 1. The first-order chi connectivity index (χ1) is 9.49. The molecule has 1 saturated heterocycles. The van der Waals surface area contributed by atoms with Gasteiger partial charge in [0.2, 0.25) is 5.91 Å². The first-order valence-electron chi connectivity index (χ1n) is 8.16. The molecular formula is C16H35Cl2N3O. The van der Waals surface area contributed by atoms with E-state index in [2.05, 4.69) is 36.3 Å². The summed E-state index contributed by atoms with van der Waals surface area (Å²) in [7, 11) is 1.92. The van der Waals surface area contributed by atoms with Crippen molar-refractivity contribution in [2.24, 2.45) is 5.92 Å². The summed E-state index contributed by atoms with van der Waals surface area (Å²) in [4.78, 5) is 14.4. The molecular weight excluding hydrogens is 321 g/mol. The van der Waals surface area contributed by atoms with E-state index in [1.54, 1.807) is 0 Å². The molecule has 1 aliphatic rings. The minimum absolute atomic E-state index is 0. The van der Waals surface area contributed by atoms with Crippen LogP contribution in [0.15, 0.2) is 0 Å². The highest BCUT2D eigenvalue weighted by Crippen LogP contribution is 2.25. The Balaban J connectivity index is 0. The fourth-order valence-electron chi connectivity index (χ4n) is 2.89. The average molecular weight is 356 g/mol. The zero-order valence-corrected chi connectivity index (χ0v) is 16.2. The van der Waals surface area contributed by atoms with Gasteiger partial charge in [-0.3, -0.25) is 9.69 Å². The quantitative estimate of drug-likeness (QED) is 0.658. The third-order valence-electron chi connectivity index (χ3n) is 4.50. The smallest absolute Gasteiger partial charge is 0.220 e. The Labute approximate surface area is 149 Å². The highest BCUT2D eigenvalue weighted by atomic mass is 35.5. The van der Waals surface area contributed by atoms with Crippen molar-refractivity contribution >= 4 is 30.7 Å². The number of hydrogen-bond donors (Lipinski definition) is 2. The lowest BCUT2D eigenvalue weighted by molar-refractivity contribution is -0.121. The lowest BCUT2D eigenvalue weighted by Crippen LogP contribution is -2.54. The molecule has 0 radical (unpaired) electrons. The molecule has 1 rings (SSSR count). The van der Waals surface area contributed by atoms with Gasteiger partial charge in [0.25, 0.3) is 0 Å². The van der Waals surface area contributed by atoms with E-state index < -0.39 is 0 Å². The number of rotatable bonds is 8. The molecule has 0 aromatic heterocycles. The number of piperidine rings is 1. The van der Waals surface area contributed by atoms with Gasteiger partial charge in [-0.15, -0.1) is 24.8 Å². The second-order valence-electron chi connectivity index (χ2n) is 6.66. The van der Waals surface area contributed by atoms with Crippen molar-refractivity contribution in [1.29, 1.82) is 0 Å². The number of amides is 1. The maximum Gasteiger partial charge on any atom is 0.220 e.